The molecule has 1 saturated heterocycles. The first-order valence-corrected chi connectivity index (χ1v) is 8.30. The highest BCUT2D eigenvalue weighted by Crippen LogP contribution is 2.23. The first-order valence-electron chi connectivity index (χ1n) is 8.30. The maximum Gasteiger partial charge on any atom is 0.319 e. The second-order valence-electron chi connectivity index (χ2n) is 5.93. The lowest BCUT2D eigenvalue weighted by molar-refractivity contribution is -0.117. The lowest BCUT2D eigenvalue weighted by Crippen LogP contribution is -2.28. The number of anilines is 2. The van der Waals surface area contributed by atoms with Crippen LogP contribution < -0.4 is 15.5 Å². The third kappa shape index (κ3) is 4.16. The first-order chi connectivity index (χ1) is 12.2. The number of carbonyl (C=O) groups excluding carboxylic acids is 2. The number of rotatable bonds is 5. The van der Waals surface area contributed by atoms with E-state index in [1.807, 2.05) is 36.4 Å². The fourth-order valence-corrected chi connectivity index (χ4v) is 2.88. The molecule has 3 N–H and O–H groups in total. The van der Waals surface area contributed by atoms with Gasteiger partial charge in [0.15, 0.2) is 0 Å². The second kappa shape index (κ2) is 7.81. The van der Waals surface area contributed by atoms with E-state index in [1.54, 1.807) is 17.0 Å². The van der Waals surface area contributed by atoms with Gasteiger partial charge in [-0.1, -0.05) is 24.3 Å². The predicted molar refractivity (Wildman–Crippen MR) is 96.3 cm³/mol. The predicted octanol–water partition coefficient (Wildman–Crippen LogP) is 2.63. The summed E-state index contributed by atoms with van der Waals surface area (Å²) in [6.07, 6.45) is 1.48. The maximum atomic E-state index is 12.0. The van der Waals surface area contributed by atoms with E-state index in [0.717, 1.165) is 29.8 Å². The van der Waals surface area contributed by atoms with E-state index in [-0.39, 0.29) is 18.5 Å². The largest absolute Gasteiger partial charge is 0.392 e. The molecule has 0 unspecified atom stereocenters. The Bertz CT molecular complexity index is 759. The standard InChI is InChI=1S/C19H21N3O3/c23-13-15-5-2-1-4-14(15)12-20-19(25)21-16-7-9-17(10-8-16)22-11-3-6-18(22)24/h1-2,4-5,7-10,23H,3,6,11-13H2,(H2,20,21,25). The van der Waals surface area contributed by atoms with Crippen LogP contribution in [-0.4, -0.2) is 23.6 Å². The van der Waals surface area contributed by atoms with Gasteiger partial charge in [-0.2, -0.15) is 0 Å². The van der Waals surface area contributed by atoms with Gasteiger partial charge in [0.2, 0.25) is 5.91 Å². The molecule has 1 aliphatic rings. The van der Waals surface area contributed by atoms with Gasteiger partial charge in [0.1, 0.15) is 0 Å². The van der Waals surface area contributed by atoms with Crippen molar-refractivity contribution in [3.63, 3.8) is 0 Å². The molecule has 0 spiro atoms. The summed E-state index contributed by atoms with van der Waals surface area (Å²) >= 11 is 0. The fourth-order valence-electron chi connectivity index (χ4n) is 2.88. The van der Waals surface area contributed by atoms with E-state index < -0.39 is 0 Å². The summed E-state index contributed by atoms with van der Waals surface area (Å²) < 4.78 is 0. The summed E-state index contributed by atoms with van der Waals surface area (Å²) in [6.45, 7) is 1.02. The molecular formula is C19H21N3O3. The molecule has 2 aromatic carbocycles. The summed E-state index contributed by atoms with van der Waals surface area (Å²) in [6, 6.07) is 14.3. The van der Waals surface area contributed by atoms with Gasteiger partial charge in [-0.15, -0.1) is 0 Å². The molecule has 2 aromatic rings. The molecule has 130 valence electrons. The zero-order chi connectivity index (χ0) is 17.6. The van der Waals surface area contributed by atoms with Crippen LogP contribution in [0.2, 0.25) is 0 Å². The minimum Gasteiger partial charge on any atom is -0.392 e. The van der Waals surface area contributed by atoms with Gasteiger partial charge in [-0.05, 0) is 41.8 Å². The molecule has 0 bridgehead atoms. The van der Waals surface area contributed by atoms with Crippen LogP contribution in [0.4, 0.5) is 16.2 Å². The molecule has 0 atom stereocenters. The number of nitrogens with one attached hydrogen (secondary N) is 2. The Kier molecular flexibility index (Phi) is 5.30. The summed E-state index contributed by atoms with van der Waals surface area (Å²) in [4.78, 5) is 25.5. The van der Waals surface area contributed by atoms with E-state index in [9.17, 15) is 14.7 Å². The quantitative estimate of drug-likeness (QED) is 0.783. The van der Waals surface area contributed by atoms with E-state index in [4.69, 9.17) is 0 Å². The Morgan fingerprint density at radius 2 is 1.80 bits per heavy atom. The molecule has 3 rings (SSSR count). The Hall–Kier alpha value is -2.86. The monoisotopic (exact) mass is 339 g/mol. The molecule has 0 saturated carbocycles. The van der Waals surface area contributed by atoms with Crippen LogP contribution in [0.3, 0.4) is 0 Å². The van der Waals surface area contributed by atoms with E-state index in [2.05, 4.69) is 10.6 Å². The van der Waals surface area contributed by atoms with E-state index in [1.165, 1.54) is 0 Å². The zero-order valence-electron chi connectivity index (χ0n) is 13.9. The molecule has 0 radical (unpaired) electrons. The SMILES string of the molecule is O=C(NCc1ccccc1CO)Nc1ccc(N2CCCC2=O)cc1. The maximum absolute atomic E-state index is 12.0. The van der Waals surface area contributed by atoms with E-state index >= 15 is 0 Å². The van der Waals surface area contributed by atoms with Crippen LogP contribution in [0.15, 0.2) is 48.5 Å². The highest BCUT2D eigenvalue weighted by Gasteiger charge is 2.21. The van der Waals surface area contributed by atoms with Gasteiger partial charge < -0.3 is 20.6 Å². The highest BCUT2D eigenvalue weighted by molar-refractivity contribution is 5.96. The molecule has 0 aliphatic carbocycles. The third-order valence-corrected chi connectivity index (χ3v) is 4.24. The van der Waals surface area contributed by atoms with Crippen molar-refractivity contribution >= 4 is 23.3 Å². The van der Waals surface area contributed by atoms with Crippen molar-refractivity contribution < 1.29 is 14.7 Å². The number of aliphatic hydroxyl groups excluding tert-OH is 1. The average Bonchev–Trinajstić information content (AvgIpc) is 3.07. The summed E-state index contributed by atoms with van der Waals surface area (Å²) in [5.74, 6) is 0.140. The zero-order valence-corrected chi connectivity index (χ0v) is 13.9. The average molecular weight is 339 g/mol. The van der Waals surface area contributed by atoms with Crippen molar-refractivity contribution in [2.75, 3.05) is 16.8 Å². The number of aliphatic hydroxyl groups is 1. The van der Waals surface area contributed by atoms with Crippen molar-refractivity contribution in [1.82, 2.24) is 5.32 Å². The number of amides is 3. The van der Waals surface area contributed by atoms with Crippen LogP contribution in [0.5, 0.6) is 0 Å². The molecule has 1 fully saturated rings. The third-order valence-electron chi connectivity index (χ3n) is 4.24. The number of urea groups is 1. The van der Waals surface area contributed by atoms with Gasteiger partial charge in [0, 0.05) is 30.9 Å². The van der Waals surface area contributed by atoms with Gasteiger partial charge in [-0.25, -0.2) is 4.79 Å². The van der Waals surface area contributed by atoms with Crippen LogP contribution in [0.25, 0.3) is 0 Å². The highest BCUT2D eigenvalue weighted by atomic mass is 16.3. The lowest BCUT2D eigenvalue weighted by Gasteiger charge is -2.16. The molecule has 6 heteroatoms. The summed E-state index contributed by atoms with van der Waals surface area (Å²) in [5.41, 5.74) is 3.18. The van der Waals surface area contributed by atoms with Crippen LogP contribution in [-0.2, 0) is 17.9 Å². The second-order valence-corrected chi connectivity index (χ2v) is 5.93. The summed E-state index contributed by atoms with van der Waals surface area (Å²) in [7, 11) is 0. The normalized spacial score (nSPS) is 13.8. The van der Waals surface area contributed by atoms with Gasteiger partial charge in [0.05, 0.1) is 6.61 Å². The molecule has 1 aliphatic heterocycles. The van der Waals surface area contributed by atoms with Crippen LogP contribution in [0, 0.1) is 0 Å². The van der Waals surface area contributed by atoms with Crippen molar-refractivity contribution in [3.05, 3.63) is 59.7 Å². The van der Waals surface area contributed by atoms with Crippen LogP contribution >= 0.6 is 0 Å². The molecular weight excluding hydrogens is 318 g/mol. The number of benzene rings is 2. The first kappa shape index (κ1) is 17.0. The molecule has 3 amide bonds. The van der Waals surface area contributed by atoms with Crippen molar-refractivity contribution in [2.45, 2.75) is 26.0 Å². The minimum atomic E-state index is -0.322. The van der Waals surface area contributed by atoms with Gasteiger partial charge in [0.25, 0.3) is 0 Å². The van der Waals surface area contributed by atoms with Crippen molar-refractivity contribution in [1.29, 1.82) is 0 Å². The number of nitrogens with zero attached hydrogens (tertiary/aromatic N) is 1. The number of carbonyl (C=O) groups is 2. The molecule has 25 heavy (non-hydrogen) atoms. The van der Waals surface area contributed by atoms with Gasteiger partial charge >= 0.3 is 6.03 Å². The lowest BCUT2D eigenvalue weighted by atomic mass is 10.1. The number of hydrogen-bond acceptors (Lipinski definition) is 3. The Morgan fingerprint density at radius 3 is 2.44 bits per heavy atom. The minimum absolute atomic E-state index is 0.0594. The van der Waals surface area contributed by atoms with Crippen LogP contribution in [0.1, 0.15) is 24.0 Å². The summed E-state index contributed by atoms with van der Waals surface area (Å²) in [5, 5.41) is 14.8. The van der Waals surface area contributed by atoms with Crippen molar-refractivity contribution in [3.8, 4) is 0 Å². The smallest absolute Gasteiger partial charge is 0.319 e. The topological polar surface area (TPSA) is 81.7 Å². The Morgan fingerprint density at radius 1 is 1.08 bits per heavy atom. The Balaban J connectivity index is 1.55. The Labute approximate surface area is 146 Å². The number of hydrogen-bond donors (Lipinski definition) is 3. The molecule has 6 nitrogen and oxygen atoms in total. The molecule has 0 aromatic heterocycles. The molecule has 1 heterocycles. The van der Waals surface area contributed by atoms with Gasteiger partial charge in [-0.3, -0.25) is 4.79 Å². The fraction of sp³-hybridized carbons (Fsp3) is 0.263. The van der Waals surface area contributed by atoms with Crippen molar-refractivity contribution in [2.24, 2.45) is 0 Å². The van der Waals surface area contributed by atoms with E-state index in [0.29, 0.717) is 18.7 Å².